The molecule has 0 unspecified atom stereocenters. The Labute approximate surface area is 201 Å². The summed E-state index contributed by atoms with van der Waals surface area (Å²) in [6.07, 6.45) is 0. The van der Waals surface area contributed by atoms with E-state index in [9.17, 15) is 9.59 Å². The summed E-state index contributed by atoms with van der Waals surface area (Å²) in [5.41, 5.74) is 3.26. The van der Waals surface area contributed by atoms with Crippen LogP contribution in [-0.4, -0.2) is 34.9 Å². The van der Waals surface area contributed by atoms with E-state index in [1.807, 2.05) is 47.6 Å². The molecule has 0 bridgehead atoms. The maximum atomic E-state index is 13.3. The zero-order chi connectivity index (χ0) is 24.2. The molecular formula is C25H32Cl2N2O3. The van der Waals surface area contributed by atoms with E-state index < -0.39 is 11.6 Å². The van der Waals surface area contributed by atoms with Crippen molar-refractivity contribution in [2.45, 2.75) is 66.6 Å². The van der Waals surface area contributed by atoms with Crippen LogP contribution < -0.4 is 10.1 Å². The van der Waals surface area contributed by atoms with Crippen LogP contribution >= 0.6 is 23.2 Å². The van der Waals surface area contributed by atoms with Gasteiger partial charge in [0.05, 0.1) is 0 Å². The Balaban J connectivity index is 2.30. The van der Waals surface area contributed by atoms with Crippen LogP contribution in [0, 0.1) is 20.8 Å². The molecule has 0 aliphatic rings. The van der Waals surface area contributed by atoms with Gasteiger partial charge in [0, 0.05) is 27.7 Å². The molecule has 1 atom stereocenters. The zero-order valence-corrected chi connectivity index (χ0v) is 21.3. The highest BCUT2D eigenvalue weighted by Gasteiger charge is 2.29. The summed E-state index contributed by atoms with van der Waals surface area (Å²) in [4.78, 5) is 27.6. The van der Waals surface area contributed by atoms with Crippen LogP contribution in [0.1, 0.15) is 49.9 Å². The molecule has 0 heterocycles. The summed E-state index contributed by atoms with van der Waals surface area (Å²) in [7, 11) is 0. The summed E-state index contributed by atoms with van der Waals surface area (Å²) < 4.78 is 5.88. The minimum Gasteiger partial charge on any atom is -0.483 e. The van der Waals surface area contributed by atoms with Gasteiger partial charge in [-0.15, -0.1) is 0 Å². The van der Waals surface area contributed by atoms with Gasteiger partial charge in [0.1, 0.15) is 11.8 Å². The zero-order valence-electron chi connectivity index (χ0n) is 19.8. The van der Waals surface area contributed by atoms with Gasteiger partial charge in [-0.25, -0.2) is 0 Å². The summed E-state index contributed by atoms with van der Waals surface area (Å²) in [5.74, 6) is 0.0473. The molecule has 0 aliphatic carbocycles. The van der Waals surface area contributed by atoms with Crippen molar-refractivity contribution < 1.29 is 14.3 Å². The minimum atomic E-state index is -0.752. The second-order valence-electron chi connectivity index (χ2n) is 9.13. The Morgan fingerprint density at radius 2 is 1.69 bits per heavy atom. The third kappa shape index (κ3) is 6.88. The third-order valence-electron chi connectivity index (χ3n) is 5.17. The Hall–Kier alpha value is -2.24. The molecule has 0 aromatic heterocycles. The second-order valence-corrected chi connectivity index (χ2v) is 9.95. The summed E-state index contributed by atoms with van der Waals surface area (Å²) >= 11 is 12.7. The third-order valence-corrected chi connectivity index (χ3v) is 5.88. The number of halogens is 2. The van der Waals surface area contributed by atoms with Gasteiger partial charge in [0.25, 0.3) is 5.91 Å². The van der Waals surface area contributed by atoms with E-state index in [0.29, 0.717) is 21.4 Å². The predicted molar refractivity (Wildman–Crippen MR) is 131 cm³/mol. The monoisotopic (exact) mass is 478 g/mol. The van der Waals surface area contributed by atoms with Crippen molar-refractivity contribution in [3.63, 3.8) is 0 Å². The fourth-order valence-electron chi connectivity index (χ4n) is 3.28. The Morgan fingerprint density at radius 3 is 2.25 bits per heavy atom. The molecule has 2 rings (SSSR count). The molecule has 7 heteroatoms. The fraction of sp³-hybridized carbons (Fsp3) is 0.440. The van der Waals surface area contributed by atoms with Gasteiger partial charge in [0.15, 0.2) is 6.61 Å². The van der Waals surface area contributed by atoms with Crippen molar-refractivity contribution >= 4 is 35.0 Å². The summed E-state index contributed by atoms with van der Waals surface area (Å²) in [6, 6.07) is 8.37. The largest absolute Gasteiger partial charge is 0.483 e. The van der Waals surface area contributed by atoms with Crippen molar-refractivity contribution in [2.24, 2.45) is 0 Å². The lowest BCUT2D eigenvalue weighted by Crippen LogP contribution is -2.53. The Kier molecular flexibility index (Phi) is 8.60. The molecule has 0 radical (unpaired) electrons. The van der Waals surface area contributed by atoms with Crippen LogP contribution in [0.4, 0.5) is 0 Å². The highest BCUT2D eigenvalue weighted by Crippen LogP contribution is 2.27. The maximum absolute atomic E-state index is 13.3. The van der Waals surface area contributed by atoms with Crippen molar-refractivity contribution in [1.82, 2.24) is 10.2 Å². The number of aryl methyl sites for hydroxylation is 2. The van der Waals surface area contributed by atoms with E-state index in [-0.39, 0.29) is 25.0 Å². The van der Waals surface area contributed by atoms with Gasteiger partial charge in [0.2, 0.25) is 5.91 Å². The highest BCUT2D eigenvalue weighted by atomic mass is 35.5. The standard InChI is InChI=1S/C25H32Cl2N2O3/c1-15-11-16(2)17(3)22(12-15)32-14-23(30)29(18(4)24(31)28-25(5,6)7)13-19-20(26)9-8-10-21(19)27/h8-12,18H,13-14H2,1-7H3,(H,28,31)/t18-/m0/s1. The smallest absolute Gasteiger partial charge is 0.261 e. The summed E-state index contributed by atoms with van der Waals surface area (Å²) in [5, 5.41) is 3.80. The first kappa shape index (κ1) is 26.0. The summed E-state index contributed by atoms with van der Waals surface area (Å²) in [6.45, 7) is 13.2. The van der Waals surface area contributed by atoms with Gasteiger partial charge in [-0.05, 0) is 83.4 Å². The minimum absolute atomic E-state index is 0.0885. The number of ether oxygens (including phenoxy) is 1. The lowest BCUT2D eigenvalue weighted by atomic mass is 10.1. The number of hydrogen-bond donors (Lipinski definition) is 1. The molecule has 1 N–H and O–H groups in total. The molecule has 32 heavy (non-hydrogen) atoms. The number of carbonyl (C=O) groups excluding carboxylic acids is 2. The first-order valence-corrected chi connectivity index (χ1v) is 11.3. The molecule has 0 fully saturated rings. The van der Waals surface area contributed by atoms with Crippen molar-refractivity contribution in [3.8, 4) is 5.75 Å². The number of amides is 2. The van der Waals surface area contributed by atoms with Crippen LogP contribution in [0.2, 0.25) is 10.0 Å². The van der Waals surface area contributed by atoms with Crippen molar-refractivity contribution in [1.29, 1.82) is 0 Å². The molecule has 2 amide bonds. The lowest BCUT2D eigenvalue weighted by molar-refractivity contribution is -0.142. The molecule has 2 aromatic carbocycles. The van der Waals surface area contributed by atoms with E-state index in [1.165, 1.54) is 4.90 Å². The molecule has 0 aliphatic heterocycles. The van der Waals surface area contributed by atoms with E-state index in [2.05, 4.69) is 11.4 Å². The van der Waals surface area contributed by atoms with Crippen LogP contribution in [0.3, 0.4) is 0 Å². The number of nitrogens with zero attached hydrogens (tertiary/aromatic N) is 1. The number of carbonyl (C=O) groups is 2. The lowest BCUT2D eigenvalue weighted by Gasteiger charge is -2.32. The van der Waals surface area contributed by atoms with Gasteiger partial charge < -0.3 is 15.0 Å². The fourth-order valence-corrected chi connectivity index (χ4v) is 3.80. The molecule has 0 saturated carbocycles. The molecule has 174 valence electrons. The molecular weight excluding hydrogens is 447 g/mol. The van der Waals surface area contributed by atoms with Crippen LogP contribution in [0.25, 0.3) is 0 Å². The van der Waals surface area contributed by atoms with Gasteiger partial charge in [-0.1, -0.05) is 35.3 Å². The van der Waals surface area contributed by atoms with Crippen LogP contribution in [0.5, 0.6) is 5.75 Å². The molecule has 2 aromatic rings. The van der Waals surface area contributed by atoms with Gasteiger partial charge in [-0.3, -0.25) is 9.59 Å². The van der Waals surface area contributed by atoms with E-state index in [0.717, 1.165) is 16.7 Å². The molecule has 0 spiro atoms. The van der Waals surface area contributed by atoms with E-state index >= 15 is 0 Å². The van der Waals surface area contributed by atoms with Gasteiger partial charge in [-0.2, -0.15) is 0 Å². The van der Waals surface area contributed by atoms with E-state index in [1.54, 1.807) is 25.1 Å². The Morgan fingerprint density at radius 1 is 1.09 bits per heavy atom. The Bertz CT molecular complexity index is 979. The van der Waals surface area contributed by atoms with Gasteiger partial charge >= 0.3 is 0 Å². The number of hydrogen-bond acceptors (Lipinski definition) is 3. The molecule has 5 nitrogen and oxygen atoms in total. The average Bonchev–Trinajstić information content (AvgIpc) is 2.67. The van der Waals surface area contributed by atoms with Crippen molar-refractivity contribution in [3.05, 3.63) is 62.6 Å². The second kappa shape index (κ2) is 10.6. The number of nitrogens with one attached hydrogen (secondary N) is 1. The molecule has 0 saturated heterocycles. The van der Waals surface area contributed by atoms with E-state index in [4.69, 9.17) is 27.9 Å². The number of rotatable bonds is 7. The SMILES string of the molecule is Cc1cc(C)c(C)c(OCC(=O)N(Cc2c(Cl)cccc2Cl)[C@@H](C)C(=O)NC(C)(C)C)c1. The number of benzene rings is 2. The van der Waals surface area contributed by atoms with Crippen LogP contribution in [-0.2, 0) is 16.1 Å². The average molecular weight is 479 g/mol. The first-order chi connectivity index (χ1) is 14.8. The first-order valence-electron chi connectivity index (χ1n) is 10.5. The topological polar surface area (TPSA) is 58.6 Å². The van der Waals surface area contributed by atoms with Crippen molar-refractivity contribution in [2.75, 3.05) is 6.61 Å². The predicted octanol–water partition coefficient (Wildman–Crippen LogP) is 5.63. The highest BCUT2D eigenvalue weighted by molar-refractivity contribution is 6.36. The maximum Gasteiger partial charge on any atom is 0.261 e. The quantitative estimate of drug-likeness (QED) is 0.560. The normalized spacial score (nSPS) is 12.3. The van der Waals surface area contributed by atoms with Crippen LogP contribution in [0.15, 0.2) is 30.3 Å².